The van der Waals surface area contributed by atoms with Crippen LogP contribution in [-0.4, -0.2) is 54.7 Å². The highest BCUT2D eigenvalue weighted by Gasteiger charge is 2.31. The van der Waals surface area contributed by atoms with Crippen molar-refractivity contribution in [3.8, 4) is 0 Å². The fourth-order valence-corrected chi connectivity index (χ4v) is 3.08. The van der Waals surface area contributed by atoms with Gasteiger partial charge in [0.2, 0.25) is 0 Å². The van der Waals surface area contributed by atoms with Gasteiger partial charge in [-0.15, -0.1) is 0 Å². The molecular weight excluding hydrogens is 332 g/mol. The summed E-state index contributed by atoms with van der Waals surface area (Å²) in [7, 11) is 3.90. The van der Waals surface area contributed by atoms with Crippen molar-refractivity contribution in [1.29, 1.82) is 0 Å². The minimum absolute atomic E-state index is 0.0514. The fraction of sp³-hybridized carbons (Fsp3) is 0.526. The third-order valence-corrected chi connectivity index (χ3v) is 4.55. The van der Waals surface area contributed by atoms with Crippen molar-refractivity contribution in [2.45, 2.75) is 32.8 Å². The van der Waals surface area contributed by atoms with Gasteiger partial charge < -0.3 is 19.1 Å². The first kappa shape index (κ1) is 18.4. The molecule has 140 valence electrons. The Labute approximate surface area is 153 Å². The zero-order chi connectivity index (χ0) is 18.8. The summed E-state index contributed by atoms with van der Waals surface area (Å²) in [6.07, 6.45) is -0.240. The molecule has 0 saturated carbocycles. The summed E-state index contributed by atoms with van der Waals surface area (Å²) in [4.78, 5) is 21.5. The quantitative estimate of drug-likeness (QED) is 0.837. The summed E-state index contributed by atoms with van der Waals surface area (Å²) in [6.45, 7) is 7.28. The van der Waals surface area contributed by atoms with Crippen LogP contribution in [0, 0.1) is 6.92 Å². The van der Waals surface area contributed by atoms with Gasteiger partial charge >= 0.3 is 0 Å². The van der Waals surface area contributed by atoms with E-state index < -0.39 is 0 Å². The molecule has 0 aliphatic carbocycles. The summed E-state index contributed by atoms with van der Waals surface area (Å²) < 4.78 is 11.2. The number of amides is 1. The molecule has 1 fully saturated rings. The van der Waals surface area contributed by atoms with Crippen molar-refractivity contribution in [2.75, 3.05) is 38.7 Å². The number of rotatable bonds is 4. The van der Waals surface area contributed by atoms with Crippen LogP contribution in [0.4, 0.5) is 5.82 Å². The molecule has 1 atom stereocenters. The van der Waals surface area contributed by atoms with Gasteiger partial charge in [0.1, 0.15) is 23.2 Å². The molecule has 1 saturated heterocycles. The smallest absolute Gasteiger partial charge is 0.259 e. The van der Waals surface area contributed by atoms with E-state index in [4.69, 9.17) is 9.26 Å². The average molecular weight is 358 g/mol. The molecule has 2 aromatic rings. The van der Waals surface area contributed by atoms with Gasteiger partial charge in [0, 0.05) is 20.6 Å². The Kier molecular flexibility index (Phi) is 5.27. The number of aryl methyl sites for hydroxylation is 1. The monoisotopic (exact) mass is 358 g/mol. The molecule has 1 aliphatic rings. The number of anilines is 1. The van der Waals surface area contributed by atoms with E-state index in [-0.39, 0.29) is 17.9 Å². The third kappa shape index (κ3) is 3.58. The van der Waals surface area contributed by atoms with Crippen molar-refractivity contribution < 1.29 is 14.1 Å². The van der Waals surface area contributed by atoms with Crippen molar-refractivity contribution in [3.63, 3.8) is 0 Å². The molecule has 3 heterocycles. The Morgan fingerprint density at radius 2 is 2.12 bits per heavy atom. The molecule has 7 heteroatoms. The van der Waals surface area contributed by atoms with Crippen molar-refractivity contribution in [3.05, 3.63) is 40.9 Å². The van der Waals surface area contributed by atoms with E-state index >= 15 is 0 Å². The molecule has 0 bridgehead atoms. The van der Waals surface area contributed by atoms with E-state index in [2.05, 4.69) is 10.1 Å². The second-order valence-electron chi connectivity index (χ2n) is 7.08. The number of morpholine rings is 1. The van der Waals surface area contributed by atoms with Crippen LogP contribution in [0.25, 0.3) is 0 Å². The van der Waals surface area contributed by atoms with Crippen LogP contribution in [0.15, 0.2) is 22.7 Å². The second-order valence-corrected chi connectivity index (χ2v) is 7.08. The van der Waals surface area contributed by atoms with Crippen LogP contribution in [-0.2, 0) is 4.74 Å². The van der Waals surface area contributed by atoms with Crippen molar-refractivity contribution >= 4 is 11.7 Å². The molecule has 1 aliphatic heterocycles. The average Bonchev–Trinajstić information content (AvgIpc) is 3.03. The predicted octanol–water partition coefficient (Wildman–Crippen LogP) is 2.78. The van der Waals surface area contributed by atoms with Gasteiger partial charge in [0.05, 0.1) is 24.5 Å². The summed E-state index contributed by atoms with van der Waals surface area (Å²) in [5.41, 5.74) is 2.12. The highest BCUT2D eigenvalue weighted by Crippen LogP contribution is 2.27. The highest BCUT2D eigenvalue weighted by molar-refractivity contribution is 5.96. The molecule has 26 heavy (non-hydrogen) atoms. The first-order valence-corrected chi connectivity index (χ1v) is 8.89. The second kappa shape index (κ2) is 7.45. The van der Waals surface area contributed by atoms with E-state index in [1.54, 1.807) is 6.92 Å². The van der Waals surface area contributed by atoms with Gasteiger partial charge in [-0.1, -0.05) is 25.1 Å². The maximum absolute atomic E-state index is 13.1. The van der Waals surface area contributed by atoms with Gasteiger partial charge in [-0.2, -0.15) is 0 Å². The minimum Gasteiger partial charge on any atom is -0.368 e. The van der Waals surface area contributed by atoms with Gasteiger partial charge in [-0.3, -0.25) is 4.79 Å². The Morgan fingerprint density at radius 3 is 2.81 bits per heavy atom. The summed E-state index contributed by atoms with van der Waals surface area (Å²) in [5, 5.41) is 4.07. The van der Waals surface area contributed by atoms with Gasteiger partial charge in [-0.25, -0.2) is 4.98 Å². The largest absolute Gasteiger partial charge is 0.368 e. The molecule has 3 rings (SSSR count). The summed E-state index contributed by atoms with van der Waals surface area (Å²) >= 11 is 0. The fourth-order valence-electron chi connectivity index (χ4n) is 3.08. The number of hydrogen-bond acceptors (Lipinski definition) is 6. The molecule has 7 nitrogen and oxygen atoms in total. The number of carbonyl (C=O) groups is 1. The predicted molar refractivity (Wildman–Crippen MR) is 98.5 cm³/mol. The van der Waals surface area contributed by atoms with Gasteiger partial charge in [-0.05, 0) is 25.0 Å². The van der Waals surface area contributed by atoms with E-state index in [1.807, 2.05) is 55.9 Å². The van der Waals surface area contributed by atoms with Crippen LogP contribution in [0.1, 0.15) is 53.4 Å². The Bertz CT molecular complexity index is 785. The van der Waals surface area contributed by atoms with E-state index in [9.17, 15) is 4.79 Å². The molecule has 0 spiro atoms. The van der Waals surface area contributed by atoms with E-state index in [1.165, 1.54) is 0 Å². The number of nitrogens with zero attached hydrogens (tertiary/aromatic N) is 4. The zero-order valence-corrected chi connectivity index (χ0v) is 16.0. The van der Waals surface area contributed by atoms with Gasteiger partial charge in [0.15, 0.2) is 0 Å². The first-order chi connectivity index (χ1) is 12.4. The van der Waals surface area contributed by atoms with Crippen LogP contribution in [0.3, 0.4) is 0 Å². The van der Waals surface area contributed by atoms with Crippen LogP contribution in [0.2, 0.25) is 0 Å². The first-order valence-electron chi connectivity index (χ1n) is 8.89. The summed E-state index contributed by atoms with van der Waals surface area (Å²) in [6, 6.07) is 5.85. The highest BCUT2D eigenvalue weighted by atomic mass is 16.5. The lowest BCUT2D eigenvalue weighted by molar-refractivity contribution is -0.0247. The number of ether oxygens (including phenoxy) is 1. The van der Waals surface area contributed by atoms with Crippen molar-refractivity contribution in [1.82, 2.24) is 15.0 Å². The van der Waals surface area contributed by atoms with Gasteiger partial charge in [0.25, 0.3) is 5.91 Å². The molecule has 1 amide bonds. The lowest BCUT2D eigenvalue weighted by Crippen LogP contribution is -2.43. The van der Waals surface area contributed by atoms with E-state index in [0.29, 0.717) is 36.7 Å². The SMILES string of the molecule is Cc1onc(C(C)C)c1C(=O)N1CCOC(c2cccc(N(C)C)n2)C1. The van der Waals surface area contributed by atoms with E-state index in [0.717, 1.165) is 11.5 Å². The van der Waals surface area contributed by atoms with Crippen molar-refractivity contribution in [2.24, 2.45) is 0 Å². The topological polar surface area (TPSA) is 71.7 Å². The number of aromatic nitrogens is 2. The number of carbonyl (C=O) groups excluding carboxylic acids is 1. The minimum atomic E-state index is -0.240. The molecule has 0 N–H and O–H groups in total. The molecule has 2 aromatic heterocycles. The molecule has 0 radical (unpaired) electrons. The molecular formula is C19H26N4O3. The lowest BCUT2D eigenvalue weighted by Gasteiger charge is -2.33. The molecule has 1 unspecified atom stereocenters. The standard InChI is InChI=1S/C19H26N4O3/c1-12(2)18-17(13(3)26-21-18)19(24)23-9-10-25-15(11-23)14-7-6-8-16(20-14)22(4)5/h6-8,12,15H,9-11H2,1-5H3. The maximum atomic E-state index is 13.1. The number of hydrogen-bond donors (Lipinski definition) is 0. The summed E-state index contributed by atoms with van der Waals surface area (Å²) in [5.74, 6) is 1.51. The number of pyridine rings is 1. The Hall–Kier alpha value is -2.41. The Morgan fingerprint density at radius 1 is 1.35 bits per heavy atom. The third-order valence-electron chi connectivity index (χ3n) is 4.55. The zero-order valence-electron chi connectivity index (χ0n) is 16.0. The lowest BCUT2D eigenvalue weighted by atomic mass is 10.0. The van der Waals surface area contributed by atoms with Crippen LogP contribution >= 0.6 is 0 Å². The molecule has 0 aromatic carbocycles. The normalized spacial score (nSPS) is 17.6. The van der Waals surface area contributed by atoms with Crippen LogP contribution in [0.5, 0.6) is 0 Å². The maximum Gasteiger partial charge on any atom is 0.259 e. The van der Waals surface area contributed by atoms with Crippen LogP contribution < -0.4 is 4.90 Å². The Balaban J connectivity index is 1.82.